The number of likely N-dealkylation sites (N-methyl/N-ethyl adjacent to an activating group) is 1. The van der Waals surface area contributed by atoms with Crippen LogP contribution in [0.15, 0.2) is 24.3 Å². The van der Waals surface area contributed by atoms with Crippen LogP contribution >= 0.6 is 0 Å². The Labute approximate surface area is 121 Å². The highest BCUT2D eigenvalue weighted by molar-refractivity contribution is 5.82. The third kappa shape index (κ3) is 2.14. The second-order valence-corrected chi connectivity index (χ2v) is 7.32. The van der Waals surface area contributed by atoms with E-state index >= 15 is 0 Å². The van der Waals surface area contributed by atoms with Crippen molar-refractivity contribution in [2.75, 3.05) is 20.1 Å². The Hall–Kier alpha value is -1.35. The van der Waals surface area contributed by atoms with E-state index in [0.29, 0.717) is 11.8 Å². The molecule has 1 fully saturated rings. The monoisotopic (exact) mass is 272 g/mol. The number of nitrogens with one attached hydrogen (secondary N) is 1. The molecule has 2 aliphatic rings. The molecular formula is C17H24N2O. The summed E-state index contributed by atoms with van der Waals surface area (Å²) >= 11 is 0. The van der Waals surface area contributed by atoms with Gasteiger partial charge in [0.25, 0.3) is 0 Å². The lowest BCUT2D eigenvalue weighted by Crippen LogP contribution is -2.39. The lowest BCUT2D eigenvalue weighted by Gasteiger charge is -2.26. The van der Waals surface area contributed by atoms with E-state index in [0.717, 1.165) is 13.1 Å². The van der Waals surface area contributed by atoms with Crippen molar-refractivity contribution in [3.05, 3.63) is 35.4 Å². The average Bonchev–Trinajstić information content (AvgIpc) is 2.86. The first kappa shape index (κ1) is 13.6. The van der Waals surface area contributed by atoms with Crippen molar-refractivity contribution in [2.45, 2.75) is 32.7 Å². The van der Waals surface area contributed by atoms with E-state index in [2.05, 4.69) is 41.5 Å². The zero-order valence-electron chi connectivity index (χ0n) is 12.8. The van der Waals surface area contributed by atoms with Gasteiger partial charge in [-0.15, -0.1) is 0 Å². The van der Waals surface area contributed by atoms with Crippen molar-refractivity contribution >= 4 is 5.91 Å². The zero-order valence-corrected chi connectivity index (χ0v) is 12.8. The van der Waals surface area contributed by atoms with Crippen LogP contribution in [-0.4, -0.2) is 30.9 Å². The lowest BCUT2D eigenvalue weighted by atomic mass is 9.91. The Morgan fingerprint density at radius 3 is 2.50 bits per heavy atom. The molecular weight excluding hydrogens is 248 g/mol. The van der Waals surface area contributed by atoms with Crippen molar-refractivity contribution in [2.24, 2.45) is 11.3 Å². The molecule has 3 atom stereocenters. The van der Waals surface area contributed by atoms with Gasteiger partial charge in [-0.05, 0) is 18.2 Å². The second-order valence-electron chi connectivity index (χ2n) is 7.32. The predicted molar refractivity (Wildman–Crippen MR) is 80.5 cm³/mol. The molecule has 3 rings (SSSR count). The number of benzene rings is 1. The summed E-state index contributed by atoms with van der Waals surface area (Å²) in [6, 6.07) is 8.78. The van der Waals surface area contributed by atoms with Gasteiger partial charge >= 0.3 is 0 Å². The number of carbonyl (C=O) groups excluding carboxylic acids is 1. The maximum Gasteiger partial charge on any atom is 0.225 e. The van der Waals surface area contributed by atoms with Gasteiger partial charge < -0.3 is 10.2 Å². The summed E-state index contributed by atoms with van der Waals surface area (Å²) in [4.78, 5) is 14.8. The Morgan fingerprint density at radius 2 is 1.85 bits per heavy atom. The van der Waals surface area contributed by atoms with E-state index in [1.807, 2.05) is 20.8 Å². The summed E-state index contributed by atoms with van der Waals surface area (Å²) in [5, 5.41) is 3.30. The number of rotatable bonds is 1. The molecule has 0 aromatic heterocycles. The first-order chi connectivity index (χ1) is 9.38. The number of fused-ring (bicyclic) bond motifs is 3. The fourth-order valence-electron chi connectivity index (χ4n) is 3.60. The molecule has 3 nitrogen and oxygen atoms in total. The van der Waals surface area contributed by atoms with Crippen molar-refractivity contribution in [3.63, 3.8) is 0 Å². The summed E-state index contributed by atoms with van der Waals surface area (Å²) in [5.74, 6) is 1.23. The van der Waals surface area contributed by atoms with E-state index in [9.17, 15) is 4.79 Å². The van der Waals surface area contributed by atoms with E-state index in [-0.39, 0.29) is 17.4 Å². The molecule has 1 saturated heterocycles. The highest BCUT2D eigenvalue weighted by Crippen LogP contribution is 2.48. The molecule has 1 aliphatic carbocycles. The lowest BCUT2D eigenvalue weighted by molar-refractivity contribution is -0.129. The van der Waals surface area contributed by atoms with E-state index in [1.54, 1.807) is 0 Å². The number of amides is 1. The first-order valence-corrected chi connectivity index (χ1v) is 7.46. The SMILES string of the molecule is CN1C[C@@H]2[C@H](NC(=O)C(C)(C)C)c3ccccc3[C@@H]2C1. The van der Waals surface area contributed by atoms with Crippen LogP contribution in [0.2, 0.25) is 0 Å². The van der Waals surface area contributed by atoms with Gasteiger partial charge in [0.1, 0.15) is 0 Å². The minimum atomic E-state index is -0.336. The Balaban J connectivity index is 1.92. The highest BCUT2D eigenvalue weighted by atomic mass is 16.2. The summed E-state index contributed by atoms with van der Waals surface area (Å²) < 4.78 is 0. The topological polar surface area (TPSA) is 32.3 Å². The minimum absolute atomic E-state index is 0.146. The number of likely N-dealkylation sites (tertiary alicyclic amines) is 1. The van der Waals surface area contributed by atoms with E-state index in [4.69, 9.17) is 0 Å². The Kier molecular flexibility index (Phi) is 3.13. The zero-order chi connectivity index (χ0) is 14.5. The van der Waals surface area contributed by atoms with Crippen LogP contribution in [0, 0.1) is 11.3 Å². The van der Waals surface area contributed by atoms with Gasteiger partial charge in [0.05, 0.1) is 6.04 Å². The largest absolute Gasteiger partial charge is 0.348 e. The van der Waals surface area contributed by atoms with Gasteiger partial charge in [-0.1, -0.05) is 45.0 Å². The molecule has 20 heavy (non-hydrogen) atoms. The molecule has 1 aliphatic heterocycles. The molecule has 1 aromatic rings. The van der Waals surface area contributed by atoms with Gasteiger partial charge in [-0.2, -0.15) is 0 Å². The maximum atomic E-state index is 12.4. The molecule has 1 amide bonds. The standard InChI is InChI=1S/C17H24N2O/c1-17(2,3)16(20)18-15-12-8-6-5-7-11(12)13-9-19(4)10-14(13)15/h5-8,13-15H,9-10H2,1-4H3,(H,18,20)/t13-,14-,15+/m0/s1. The molecule has 0 unspecified atom stereocenters. The van der Waals surface area contributed by atoms with Crippen LogP contribution in [0.5, 0.6) is 0 Å². The summed E-state index contributed by atoms with van der Waals surface area (Å²) in [6.07, 6.45) is 0. The predicted octanol–water partition coefficient (Wildman–Crippen LogP) is 2.55. The molecule has 3 heteroatoms. The molecule has 1 heterocycles. The summed E-state index contributed by atoms with van der Waals surface area (Å²) in [7, 11) is 2.17. The average molecular weight is 272 g/mol. The summed E-state index contributed by atoms with van der Waals surface area (Å²) in [6.45, 7) is 8.09. The van der Waals surface area contributed by atoms with Crippen LogP contribution in [-0.2, 0) is 4.79 Å². The third-order valence-corrected chi connectivity index (χ3v) is 4.67. The molecule has 0 saturated carbocycles. The normalized spacial score (nSPS) is 29.1. The van der Waals surface area contributed by atoms with Crippen LogP contribution in [0.1, 0.15) is 43.9 Å². The smallest absolute Gasteiger partial charge is 0.225 e. The van der Waals surface area contributed by atoms with Crippen LogP contribution in [0.3, 0.4) is 0 Å². The third-order valence-electron chi connectivity index (χ3n) is 4.67. The van der Waals surface area contributed by atoms with Crippen LogP contribution in [0.4, 0.5) is 0 Å². The van der Waals surface area contributed by atoms with Crippen molar-refractivity contribution in [1.29, 1.82) is 0 Å². The highest BCUT2D eigenvalue weighted by Gasteiger charge is 2.46. The van der Waals surface area contributed by atoms with Crippen LogP contribution in [0.25, 0.3) is 0 Å². The van der Waals surface area contributed by atoms with Crippen molar-refractivity contribution in [1.82, 2.24) is 10.2 Å². The van der Waals surface area contributed by atoms with Gasteiger partial charge in [-0.25, -0.2) is 0 Å². The fraction of sp³-hybridized carbons (Fsp3) is 0.588. The quantitative estimate of drug-likeness (QED) is 0.852. The number of hydrogen-bond acceptors (Lipinski definition) is 2. The Bertz CT molecular complexity index is 532. The molecule has 1 aromatic carbocycles. The minimum Gasteiger partial charge on any atom is -0.348 e. The van der Waals surface area contributed by atoms with Gasteiger partial charge in [0, 0.05) is 30.3 Å². The Morgan fingerprint density at radius 1 is 1.20 bits per heavy atom. The number of nitrogens with zero attached hydrogens (tertiary/aromatic N) is 1. The molecule has 1 N–H and O–H groups in total. The second kappa shape index (κ2) is 4.59. The molecule has 108 valence electrons. The fourth-order valence-corrected chi connectivity index (χ4v) is 3.60. The van der Waals surface area contributed by atoms with Gasteiger partial charge in [-0.3, -0.25) is 4.79 Å². The van der Waals surface area contributed by atoms with E-state index in [1.165, 1.54) is 11.1 Å². The van der Waals surface area contributed by atoms with Crippen molar-refractivity contribution < 1.29 is 4.79 Å². The van der Waals surface area contributed by atoms with E-state index < -0.39 is 0 Å². The number of carbonyl (C=O) groups is 1. The number of hydrogen-bond donors (Lipinski definition) is 1. The molecule has 0 radical (unpaired) electrons. The van der Waals surface area contributed by atoms with Crippen LogP contribution < -0.4 is 5.32 Å². The maximum absolute atomic E-state index is 12.4. The molecule has 0 bridgehead atoms. The van der Waals surface area contributed by atoms with Gasteiger partial charge in [0.2, 0.25) is 5.91 Å². The van der Waals surface area contributed by atoms with Gasteiger partial charge in [0.15, 0.2) is 0 Å². The molecule has 0 spiro atoms. The summed E-state index contributed by atoms with van der Waals surface area (Å²) in [5.41, 5.74) is 2.42. The first-order valence-electron chi connectivity index (χ1n) is 7.46. The van der Waals surface area contributed by atoms with Crippen molar-refractivity contribution in [3.8, 4) is 0 Å².